The lowest BCUT2D eigenvalue weighted by Gasteiger charge is -2.22. The Hall–Kier alpha value is -1.36. The molecule has 0 bridgehead atoms. The molecule has 0 aliphatic carbocycles. The van der Waals surface area contributed by atoms with Crippen LogP contribution in [0, 0.1) is 6.92 Å². The Kier molecular flexibility index (Phi) is 4.01. The van der Waals surface area contributed by atoms with Gasteiger partial charge < -0.3 is 4.52 Å². The number of anilines is 1. The van der Waals surface area contributed by atoms with Crippen molar-refractivity contribution in [2.24, 2.45) is 0 Å². The number of carbonyl (C=O) groups excluding carboxylic acids is 1. The molecule has 1 aliphatic heterocycles. The van der Waals surface area contributed by atoms with E-state index in [2.05, 4.69) is 15.4 Å². The van der Waals surface area contributed by atoms with Crippen molar-refractivity contribution in [1.29, 1.82) is 0 Å². The van der Waals surface area contributed by atoms with Crippen molar-refractivity contribution in [2.75, 3.05) is 18.4 Å². The van der Waals surface area contributed by atoms with Crippen LogP contribution in [-0.2, 0) is 11.2 Å². The first kappa shape index (κ1) is 13.1. The van der Waals surface area contributed by atoms with Crippen molar-refractivity contribution in [3.63, 3.8) is 0 Å². The quantitative estimate of drug-likeness (QED) is 0.888. The second-order valence-corrected chi connectivity index (χ2v) is 4.85. The van der Waals surface area contributed by atoms with Crippen molar-refractivity contribution < 1.29 is 9.32 Å². The van der Waals surface area contributed by atoms with E-state index in [0.717, 1.165) is 30.8 Å². The first-order valence-electron chi connectivity index (χ1n) is 6.63. The molecule has 1 aromatic rings. The van der Waals surface area contributed by atoms with Gasteiger partial charge in [0.05, 0.1) is 11.7 Å². The maximum atomic E-state index is 12.1. The van der Waals surface area contributed by atoms with Crippen LogP contribution in [0.2, 0.25) is 0 Å². The smallest absolute Gasteiger partial charge is 0.243 e. The van der Waals surface area contributed by atoms with Gasteiger partial charge in [-0.3, -0.25) is 15.0 Å². The first-order chi connectivity index (χ1) is 8.63. The summed E-state index contributed by atoms with van der Waals surface area (Å²) in [6, 6.07) is -0.109. The first-order valence-corrected chi connectivity index (χ1v) is 6.63. The Morgan fingerprint density at radius 2 is 2.17 bits per heavy atom. The number of carbonyl (C=O) groups is 1. The summed E-state index contributed by atoms with van der Waals surface area (Å²) in [7, 11) is 0. The molecule has 2 heterocycles. The molecule has 0 saturated carbocycles. The van der Waals surface area contributed by atoms with Crippen molar-refractivity contribution >= 4 is 11.8 Å². The number of likely N-dealkylation sites (tertiary alicyclic amines) is 1. The largest absolute Gasteiger partial charge is 0.338 e. The molecule has 1 aromatic heterocycles. The standard InChI is InChI=1S/C13H21N3O2/c1-4-11-9(2)13(18-15-11)14-12(17)10(3)16-7-5-6-8-16/h10H,4-8H2,1-3H3,(H,14,17). The van der Waals surface area contributed by atoms with Crippen molar-refractivity contribution in [2.45, 2.75) is 46.1 Å². The van der Waals surface area contributed by atoms with Gasteiger partial charge in [0.1, 0.15) is 0 Å². The summed E-state index contributed by atoms with van der Waals surface area (Å²) >= 11 is 0. The number of aromatic nitrogens is 1. The second-order valence-electron chi connectivity index (χ2n) is 4.85. The highest BCUT2D eigenvalue weighted by Crippen LogP contribution is 2.20. The summed E-state index contributed by atoms with van der Waals surface area (Å²) < 4.78 is 5.17. The number of aryl methyl sites for hydroxylation is 1. The third-order valence-corrected chi connectivity index (χ3v) is 3.66. The molecule has 0 spiro atoms. The molecule has 1 saturated heterocycles. The molecule has 1 fully saturated rings. The fourth-order valence-electron chi connectivity index (χ4n) is 2.33. The zero-order chi connectivity index (χ0) is 13.1. The molecule has 0 radical (unpaired) electrons. The van der Waals surface area contributed by atoms with Crippen molar-refractivity contribution in [3.05, 3.63) is 11.3 Å². The SMILES string of the molecule is CCc1noc(NC(=O)C(C)N2CCCC2)c1C. The van der Waals surface area contributed by atoms with Crippen LogP contribution in [-0.4, -0.2) is 35.1 Å². The number of nitrogens with zero attached hydrogens (tertiary/aromatic N) is 2. The summed E-state index contributed by atoms with van der Waals surface area (Å²) in [4.78, 5) is 14.3. The van der Waals surface area contributed by atoms with E-state index in [4.69, 9.17) is 4.52 Å². The van der Waals surface area contributed by atoms with Crippen LogP contribution in [0.15, 0.2) is 4.52 Å². The van der Waals surface area contributed by atoms with Gasteiger partial charge in [0.25, 0.3) is 0 Å². The molecular weight excluding hydrogens is 230 g/mol. The molecule has 2 rings (SSSR count). The van der Waals surface area contributed by atoms with Gasteiger partial charge in [-0.15, -0.1) is 0 Å². The predicted molar refractivity (Wildman–Crippen MR) is 69.5 cm³/mol. The summed E-state index contributed by atoms with van der Waals surface area (Å²) in [5.74, 6) is 0.474. The van der Waals surface area contributed by atoms with Crippen LogP contribution in [0.1, 0.15) is 37.9 Å². The summed E-state index contributed by atoms with van der Waals surface area (Å²) in [5, 5.41) is 6.77. The average Bonchev–Trinajstić information content (AvgIpc) is 2.99. The zero-order valence-electron chi connectivity index (χ0n) is 11.3. The second kappa shape index (κ2) is 5.52. The average molecular weight is 251 g/mol. The third kappa shape index (κ3) is 2.56. The molecule has 18 heavy (non-hydrogen) atoms. The summed E-state index contributed by atoms with van der Waals surface area (Å²) in [6.45, 7) is 7.89. The Balaban J connectivity index is 1.99. The summed E-state index contributed by atoms with van der Waals surface area (Å²) in [5.41, 5.74) is 1.83. The van der Waals surface area contributed by atoms with Gasteiger partial charge in [0.2, 0.25) is 11.8 Å². The number of hydrogen-bond donors (Lipinski definition) is 1. The molecule has 5 nitrogen and oxygen atoms in total. The minimum absolute atomic E-state index is 0.0150. The topological polar surface area (TPSA) is 58.4 Å². The van der Waals surface area contributed by atoms with E-state index >= 15 is 0 Å². The lowest BCUT2D eigenvalue weighted by molar-refractivity contribution is -0.120. The van der Waals surface area contributed by atoms with Gasteiger partial charge in [0, 0.05) is 5.56 Å². The Labute approximate surface area is 108 Å². The molecule has 1 amide bonds. The molecule has 5 heteroatoms. The fourth-order valence-corrected chi connectivity index (χ4v) is 2.33. The lowest BCUT2D eigenvalue weighted by Crippen LogP contribution is -2.40. The van der Waals surface area contributed by atoms with E-state index in [-0.39, 0.29) is 11.9 Å². The monoisotopic (exact) mass is 251 g/mol. The van der Waals surface area contributed by atoms with Crippen LogP contribution in [0.5, 0.6) is 0 Å². The van der Waals surface area contributed by atoms with Crippen LogP contribution in [0.3, 0.4) is 0 Å². The lowest BCUT2D eigenvalue weighted by atomic mass is 10.2. The van der Waals surface area contributed by atoms with E-state index in [1.807, 2.05) is 20.8 Å². The van der Waals surface area contributed by atoms with Crippen molar-refractivity contribution in [1.82, 2.24) is 10.1 Å². The molecule has 100 valence electrons. The highest BCUT2D eigenvalue weighted by molar-refractivity contribution is 5.94. The number of amides is 1. The molecule has 1 N–H and O–H groups in total. The molecule has 1 atom stereocenters. The maximum Gasteiger partial charge on any atom is 0.243 e. The van der Waals surface area contributed by atoms with E-state index in [9.17, 15) is 4.79 Å². The maximum absolute atomic E-state index is 12.1. The van der Waals surface area contributed by atoms with Gasteiger partial charge in [0.15, 0.2) is 0 Å². The third-order valence-electron chi connectivity index (χ3n) is 3.66. The highest BCUT2D eigenvalue weighted by atomic mass is 16.5. The van der Waals surface area contributed by atoms with Crippen molar-refractivity contribution in [3.8, 4) is 0 Å². The van der Waals surface area contributed by atoms with E-state index in [0.29, 0.717) is 5.88 Å². The van der Waals surface area contributed by atoms with Gasteiger partial charge in [-0.2, -0.15) is 0 Å². The molecule has 1 aliphatic rings. The van der Waals surface area contributed by atoms with E-state index in [1.165, 1.54) is 12.8 Å². The summed E-state index contributed by atoms with van der Waals surface area (Å²) in [6.07, 6.45) is 3.17. The van der Waals surface area contributed by atoms with Gasteiger partial charge in [-0.1, -0.05) is 12.1 Å². The Bertz CT molecular complexity index is 422. The van der Waals surface area contributed by atoms with E-state index in [1.54, 1.807) is 0 Å². The van der Waals surface area contributed by atoms with Crippen LogP contribution in [0.4, 0.5) is 5.88 Å². The fraction of sp³-hybridized carbons (Fsp3) is 0.692. The van der Waals surface area contributed by atoms with Gasteiger partial charge in [-0.05, 0) is 46.2 Å². The van der Waals surface area contributed by atoms with Gasteiger partial charge >= 0.3 is 0 Å². The molecular formula is C13H21N3O2. The number of nitrogens with one attached hydrogen (secondary N) is 1. The Morgan fingerprint density at radius 1 is 1.50 bits per heavy atom. The van der Waals surface area contributed by atoms with Gasteiger partial charge in [-0.25, -0.2) is 0 Å². The minimum atomic E-state index is -0.109. The Morgan fingerprint density at radius 3 is 2.72 bits per heavy atom. The predicted octanol–water partition coefficient (Wildman–Crippen LogP) is 1.97. The number of hydrogen-bond acceptors (Lipinski definition) is 4. The van der Waals surface area contributed by atoms with Crippen LogP contribution < -0.4 is 5.32 Å². The van der Waals surface area contributed by atoms with E-state index < -0.39 is 0 Å². The molecule has 1 unspecified atom stereocenters. The number of rotatable bonds is 4. The molecule has 0 aromatic carbocycles. The highest BCUT2D eigenvalue weighted by Gasteiger charge is 2.25. The van der Waals surface area contributed by atoms with Crippen LogP contribution in [0.25, 0.3) is 0 Å². The zero-order valence-corrected chi connectivity index (χ0v) is 11.3. The normalized spacial score (nSPS) is 17.9. The minimum Gasteiger partial charge on any atom is -0.338 e. The van der Waals surface area contributed by atoms with Crippen LogP contribution >= 0.6 is 0 Å².